The third-order valence-corrected chi connectivity index (χ3v) is 3.96. The summed E-state index contributed by atoms with van der Waals surface area (Å²) in [5, 5.41) is 6.52. The standard InChI is InChI=1S/C16H18N2O5S/c1-9-13(15(19)21-6-5-20-2)14(18-16(24)17-9)10-3-4-11-12(7-10)23-8-22-11/h3-4,7,14H,5-6,8H2,1-2H3,(H2,17,18,24)/t14-/m0/s1. The van der Waals surface area contributed by atoms with Crippen LogP contribution in [0.4, 0.5) is 0 Å². The van der Waals surface area contributed by atoms with Gasteiger partial charge < -0.3 is 29.6 Å². The molecule has 3 rings (SSSR count). The van der Waals surface area contributed by atoms with Gasteiger partial charge in [-0.15, -0.1) is 0 Å². The number of allylic oxidation sites excluding steroid dienone is 1. The summed E-state index contributed by atoms with van der Waals surface area (Å²) < 4.78 is 20.9. The minimum absolute atomic E-state index is 0.185. The van der Waals surface area contributed by atoms with E-state index in [1.807, 2.05) is 18.2 Å². The first-order chi connectivity index (χ1) is 11.6. The Morgan fingerprint density at radius 2 is 2.12 bits per heavy atom. The SMILES string of the molecule is COCCOC(=O)C1=C(C)NC(=S)N[C@H]1c1ccc2c(c1)OCO2. The van der Waals surface area contributed by atoms with Crippen LogP contribution in [0.1, 0.15) is 18.5 Å². The molecule has 0 spiro atoms. The van der Waals surface area contributed by atoms with Gasteiger partial charge in [0.1, 0.15) is 6.61 Å². The van der Waals surface area contributed by atoms with E-state index in [1.165, 1.54) is 0 Å². The first-order valence-corrected chi connectivity index (χ1v) is 7.85. The summed E-state index contributed by atoms with van der Waals surface area (Å²) in [6.45, 7) is 2.51. The number of methoxy groups -OCH3 is 1. The zero-order chi connectivity index (χ0) is 17.1. The summed E-state index contributed by atoms with van der Waals surface area (Å²) in [5.41, 5.74) is 1.96. The predicted molar refractivity (Wildman–Crippen MR) is 89.7 cm³/mol. The maximum atomic E-state index is 12.5. The van der Waals surface area contributed by atoms with E-state index < -0.39 is 12.0 Å². The van der Waals surface area contributed by atoms with Crippen molar-refractivity contribution in [1.29, 1.82) is 0 Å². The lowest BCUT2D eigenvalue weighted by Crippen LogP contribution is -2.45. The third-order valence-electron chi connectivity index (χ3n) is 3.74. The maximum Gasteiger partial charge on any atom is 0.338 e. The molecule has 0 amide bonds. The van der Waals surface area contributed by atoms with Gasteiger partial charge in [0.15, 0.2) is 16.6 Å². The van der Waals surface area contributed by atoms with Crippen molar-refractivity contribution in [2.75, 3.05) is 27.1 Å². The van der Waals surface area contributed by atoms with Gasteiger partial charge in [-0.3, -0.25) is 0 Å². The first kappa shape index (κ1) is 16.5. The lowest BCUT2D eigenvalue weighted by molar-refractivity contribution is -0.140. The van der Waals surface area contributed by atoms with Crippen LogP contribution in [-0.4, -0.2) is 38.2 Å². The molecular formula is C16H18N2O5S. The van der Waals surface area contributed by atoms with Crippen LogP contribution >= 0.6 is 12.2 Å². The van der Waals surface area contributed by atoms with Crippen molar-refractivity contribution in [3.8, 4) is 11.5 Å². The molecule has 8 heteroatoms. The predicted octanol–water partition coefficient (Wildman–Crippen LogP) is 1.40. The number of esters is 1. The van der Waals surface area contributed by atoms with E-state index in [-0.39, 0.29) is 13.4 Å². The molecule has 0 aliphatic carbocycles. The van der Waals surface area contributed by atoms with Crippen molar-refractivity contribution in [2.45, 2.75) is 13.0 Å². The van der Waals surface area contributed by atoms with Crippen LogP contribution in [0.15, 0.2) is 29.5 Å². The summed E-state index contributed by atoms with van der Waals surface area (Å²) in [6.07, 6.45) is 0. The summed E-state index contributed by atoms with van der Waals surface area (Å²) in [5.74, 6) is 0.901. The van der Waals surface area contributed by atoms with E-state index >= 15 is 0 Å². The molecule has 2 heterocycles. The van der Waals surface area contributed by atoms with Crippen molar-refractivity contribution in [3.63, 3.8) is 0 Å². The van der Waals surface area contributed by atoms with Crippen molar-refractivity contribution in [1.82, 2.24) is 10.6 Å². The number of carbonyl (C=O) groups is 1. The highest BCUT2D eigenvalue weighted by Gasteiger charge is 2.32. The number of fused-ring (bicyclic) bond motifs is 1. The van der Waals surface area contributed by atoms with Gasteiger partial charge in [0.2, 0.25) is 6.79 Å². The van der Waals surface area contributed by atoms with Crippen molar-refractivity contribution in [2.24, 2.45) is 0 Å². The molecule has 0 saturated carbocycles. The van der Waals surface area contributed by atoms with Crippen LogP contribution in [0.25, 0.3) is 0 Å². The second kappa shape index (κ2) is 7.06. The molecule has 0 saturated heterocycles. The number of thiocarbonyl (C=S) groups is 1. The molecular weight excluding hydrogens is 332 g/mol. The Balaban J connectivity index is 1.89. The van der Waals surface area contributed by atoms with Crippen LogP contribution in [0.2, 0.25) is 0 Å². The van der Waals surface area contributed by atoms with E-state index in [0.717, 1.165) is 5.56 Å². The molecule has 2 aliphatic heterocycles. The molecule has 2 aliphatic rings. The fraction of sp³-hybridized carbons (Fsp3) is 0.375. The van der Waals surface area contributed by atoms with Gasteiger partial charge in [0.05, 0.1) is 18.2 Å². The van der Waals surface area contributed by atoms with Crippen molar-refractivity contribution >= 4 is 23.3 Å². The number of rotatable bonds is 5. The summed E-state index contributed by atoms with van der Waals surface area (Å²) in [4.78, 5) is 12.5. The molecule has 7 nitrogen and oxygen atoms in total. The van der Waals surface area contributed by atoms with Crippen LogP contribution in [0, 0.1) is 0 Å². The normalized spacial score (nSPS) is 18.9. The summed E-state index contributed by atoms with van der Waals surface area (Å²) >= 11 is 5.22. The highest BCUT2D eigenvalue weighted by molar-refractivity contribution is 7.80. The minimum atomic E-state index is -0.428. The first-order valence-electron chi connectivity index (χ1n) is 7.44. The second-order valence-electron chi connectivity index (χ2n) is 5.31. The smallest absolute Gasteiger partial charge is 0.338 e. The van der Waals surface area contributed by atoms with Gasteiger partial charge in [0, 0.05) is 12.8 Å². The molecule has 0 radical (unpaired) electrons. The Bertz CT molecular complexity index is 704. The Kier molecular flexibility index (Phi) is 4.86. The van der Waals surface area contributed by atoms with Gasteiger partial charge in [-0.25, -0.2) is 4.79 Å². The number of benzene rings is 1. The summed E-state index contributed by atoms with van der Waals surface area (Å²) in [6, 6.07) is 5.09. The highest BCUT2D eigenvalue weighted by atomic mass is 32.1. The zero-order valence-electron chi connectivity index (χ0n) is 13.4. The largest absolute Gasteiger partial charge is 0.460 e. The summed E-state index contributed by atoms with van der Waals surface area (Å²) in [7, 11) is 1.55. The Morgan fingerprint density at radius 3 is 2.92 bits per heavy atom. The molecule has 1 aromatic carbocycles. The lowest BCUT2D eigenvalue weighted by Gasteiger charge is -2.30. The van der Waals surface area contributed by atoms with E-state index in [4.69, 9.17) is 31.2 Å². The van der Waals surface area contributed by atoms with Crippen LogP contribution in [0.3, 0.4) is 0 Å². The molecule has 0 unspecified atom stereocenters. The molecule has 24 heavy (non-hydrogen) atoms. The number of ether oxygens (including phenoxy) is 4. The number of nitrogens with one attached hydrogen (secondary N) is 2. The zero-order valence-corrected chi connectivity index (χ0v) is 14.2. The molecule has 2 N–H and O–H groups in total. The number of hydrogen-bond donors (Lipinski definition) is 2. The topological polar surface area (TPSA) is 78.1 Å². The fourth-order valence-corrected chi connectivity index (χ4v) is 2.87. The minimum Gasteiger partial charge on any atom is -0.460 e. The number of carbonyl (C=O) groups excluding carboxylic acids is 1. The average Bonchev–Trinajstić information content (AvgIpc) is 3.01. The van der Waals surface area contributed by atoms with E-state index in [2.05, 4.69) is 10.6 Å². The van der Waals surface area contributed by atoms with Gasteiger partial charge in [-0.2, -0.15) is 0 Å². The highest BCUT2D eigenvalue weighted by Crippen LogP contribution is 2.36. The Hall–Kier alpha value is -2.32. The average molecular weight is 350 g/mol. The molecule has 128 valence electrons. The molecule has 0 aromatic heterocycles. The Morgan fingerprint density at radius 1 is 1.33 bits per heavy atom. The van der Waals surface area contributed by atoms with Gasteiger partial charge in [-0.1, -0.05) is 6.07 Å². The molecule has 1 atom stereocenters. The molecule has 0 fully saturated rings. The van der Waals surface area contributed by atoms with E-state index in [1.54, 1.807) is 14.0 Å². The fourth-order valence-electron chi connectivity index (χ4n) is 2.60. The van der Waals surface area contributed by atoms with Gasteiger partial charge >= 0.3 is 5.97 Å². The van der Waals surface area contributed by atoms with Gasteiger partial charge in [0.25, 0.3) is 0 Å². The third kappa shape index (κ3) is 3.29. The van der Waals surface area contributed by atoms with Crippen LogP contribution in [-0.2, 0) is 14.3 Å². The van der Waals surface area contributed by atoms with Crippen LogP contribution < -0.4 is 20.1 Å². The van der Waals surface area contributed by atoms with Crippen molar-refractivity contribution in [3.05, 3.63) is 35.0 Å². The van der Waals surface area contributed by atoms with Crippen LogP contribution in [0.5, 0.6) is 11.5 Å². The molecule has 0 bridgehead atoms. The molecule has 1 aromatic rings. The second-order valence-corrected chi connectivity index (χ2v) is 5.72. The Labute approximate surface area is 144 Å². The van der Waals surface area contributed by atoms with E-state index in [0.29, 0.717) is 34.5 Å². The lowest BCUT2D eigenvalue weighted by atomic mass is 9.95. The monoisotopic (exact) mass is 350 g/mol. The maximum absolute atomic E-state index is 12.5. The van der Waals surface area contributed by atoms with Crippen molar-refractivity contribution < 1.29 is 23.7 Å². The quantitative estimate of drug-likeness (QED) is 0.469. The van der Waals surface area contributed by atoms with E-state index in [9.17, 15) is 4.79 Å². The number of hydrogen-bond acceptors (Lipinski definition) is 6. The van der Waals surface area contributed by atoms with Gasteiger partial charge in [-0.05, 0) is 36.8 Å².